The van der Waals surface area contributed by atoms with Crippen LogP contribution in [0, 0.1) is 0 Å². The van der Waals surface area contributed by atoms with Crippen molar-refractivity contribution in [1.29, 1.82) is 0 Å². The number of benzene rings is 2. The molecule has 0 radical (unpaired) electrons. The van der Waals surface area contributed by atoms with E-state index in [1.54, 1.807) is 0 Å². The van der Waals surface area contributed by atoms with Gasteiger partial charge >= 0.3 is 0 Å². The molecule has 0 fully saturated rings. The zero-order valence-corrected chi connectivity index (χ0v) is 20.7. The van der Waals surface area contributed by atoms with Crippen molar-refractivity contribution in [2.24, 2.45) is 0 Å². The van der Waals surface area contributed by atoms with Crippen LogP contribution in [-0.4, -0.2) is 0 Å². The van der Waals surface area contributed by atoms with Crippen LogP contribution in [0.2, 0.25) is 0 Å². The van der Waals surface area contributed by atoms with Gasteiger partial charge in [-0.15, -0.1) is 0 Å². The van der Waals surface area contributed by atoms with Crippen molar-refractivity contribution >= 4 is 21.8 Å². The molecule has 0 amide bonds. The van der Waals surface area contributed by atoms with Gasteiger partial charge in [0.05, 0.1) is 0 Å². The highest BCUT2D eigenvalue weighted by Gasteiger charge is 2.13. The number of hydrogen-bond donors (Lipinski definition) is 0. The zero-order valence-electron chi connectivity index (χ0n) is 20.7. The van der Waals surface area contributed by atoms with Crippen molar-refractivity contribution < 1.29 is 4.57 Å². The van der Waals surface area contributed by atoms with E-state index in [0.29, 0.717) is 0 Å². The molecule has 3 rings (SSSR count). The minimum absolute atomic E-state index is 1.13. The van der Waals surface area contributed by atoms with E-state index < -0.39 is 0 Å². The molecule has 1 aromatic heterocycles. The van der Waals surface area contributed by atoms with Gasteiger partial charge in [0.25, 0.3) is 0 Å². The summed E-state index contributed by atoms with van der Waals surface area (Å²) in [5.74, 6) is 0. The first-order chi connectivity index (χ1) is 15.9. The summed E-state index contributed by atoms with van der Waals surface area (Å²) >= 11 is 0. The number of hydrogen-bond acceptors (Lipinski definition) is 0. The number of rotatable bonds is 17. The Morgan fingerprint density at radius 3 is 1.28 bits per heavy atom. The van der Waals surface area contributed by atoms with Crippen LogP contribution >= 0.6 is 0 Å². The Morgan fingerprint density at radius 1 is 0.469 bits per heavy atom. The van der Waals surface area contributed by atoms with Crippen molar-refractivity contribution in [3.05, 3.63) is 54.6 Å². The smallest absolute Gasteiger partial charge is 0.191 e. The van der Waals surface area contributed by atoms with Crippen LogP contribution in [0.3, 0.4) is 0 Å². The van der Waals surface area contributed by atoms with E-state index in [1.807, 2.05) is 0 Å². The zero-order chi connectivity index (χ0) is 22.3. The minimum atomic E-state index is 1.13. The number of unbranched alkanes of at least 4 members (excludes halogenated alkanes) is 15. The molecule has 0 aliphatic heterocycles. The van der Waals surface area contributed by atoms with Gasteiger partial charge in [0.2, 0.25) is 11.0 Å². The summed E-state index contributed by atoms with van der Waals surface area (Å²) in [6.45, 7) is 3.42. The van der Waals surface area contributed by atoms with Gasteiger partial charge in [-0.2, -0.15) is 4.57 Å². The van der Waals surface area contributed by atoms with Crippen LogP contribution in [0.15, 0.2) is 54.6 Å². The van der Waals surface area contributed by atoms with Gasteiger partial charge in [0.1, 0.15) is 6.54 Å². The molecule has 0 bridgehead atoms. The molecule has 1 nitrogen and oxygen atoms in total. The molecule has 0 aliphatic carbocycles. The van der Waals surface area contributed by atoms with Gasteiger partial charge in [-0.05, 0) is 24.6 Å². The number of nitrogens with zero attached hydrogens (tertiary/aromatic N) is 1. The predicted molar refractivity (Wildman–Crippen MR) is 141 cm³/mol. The standard InChI is InChI=1S/C31H46N/c1-2-3-4-5-6-7-8-9-10-11-12-13-14-15-16-21-26-32-30-24-19-17-22-28(30)27-29-23-18-20-25-31(29)32/h17-20,22-25,27H,2-16,21,26H2,1H3/q+1. The maximum absolute atomic E-state index is 2.54. The fourth-order valence-electron chi connectivity index (χ4n) is 5.07. The summed E-state index contributed by atoms with van der Waals surface area (Å²) in [4.78, 5) is 0. The summed E-state index contributed by atoms with van der Waals surface area (Å²) in [6.07, 6.45) is 22.8. The molecule has 0 saturated carbocycles. The molecule has 3 aromatic rings. The second-order valence-corrected chi connectivity index (χ2v) is 9.72. The van der Waals surface area contributed by atoms with Crippen molar-refractivity contribution in [2.75, 3.05) is 0 Å². The summed E-state index contributed by atoms with van der Waals surface area (Å²) < 4.78 is 2.54. The third-order valence-corrected chi connectivity index (χ3v) is 7.00. The molecule has 0 unspecified atom stereocenters. The number of para-hydroxylation sites is 2. The van der Waals surface area contributed by atoms with Crippen LogP contribution < -0.4 is 4.57 Å². The highest BCUT2D eigenvalue weighted by molar-refractivity contribution is 5.88. The second kappa shape index (κ2) is 15.0. The van der Waals surface area contributed by atoms with Gasteiger partial charge in [0, 0.05) is 29.3 Å². The Labute approximate surface area is 197 Å². The Morgan fingerprint density at radius 2 is 0.844 bits per heavy atom. The van der Waals surface area contributed by atoms with Crippen molar-refractivity contribution in [1.82, 2.24) is 0 Å². The molecule has 0 aliphatic rings. The molecule has 32 heavy (non-hydrogen) atoms. The largest absolute Gasteiger partial charge is 0.212 e. The maximum Gasteiger partial charge on any atom is 0.212 e. The Kier molecular flexibility index (Phi) is 11.6. The molecule has 0 spiro atoms. The summed E-state index contributed by atoms with van der Waals surface area (Å²) in [7, 11) is 0. The van der Waals surface area contributed by atoms with Gasteiger partial charge in [-0.25, -0.2) is 0 Å². The van der Waals surface area contributed by atoms with Crippen molar-refractivity contribution in [2.45, 2.75) is 116 Å². The quantitative estimate of drug-likeness (QED) is 0.114. The molecule has 2 aromatic carbocycles. The van der Waals surface area contributed by atoms with E-state index in [-0.39, 0.29) is 0 Å². The normalized spacial score (nSPS) is 11.5. The van der Waals surface area contributed by atoms with E-state index in [2.05, 4.69) is 66.1 Å². The predicted octanol–water partition coefficient (Wildman–Crippen LogP) is 9.54. The molecule has 0 atom stereocenters. The van der Waals surface area contributed by atoms with Crippen LogP contribution in [0.1, 0.15) is 110 Å². The van der Waals surface area contributed by atoms with Crippen LogP contribution in [0.25, 0.3) is 21.8 Å². The highest BCUT2D eigenvalue weighted by atomic mass is 15.0. The minimum Gasteiger partial charge on any atom is -0.191 e. The van der Waals surface area contributed by atoms with Gasteiger partial charge in [-0.1, -0.05) is 121 Å². The highest BCUT2D eigenvalue weighted by Crippen LogP contribution is 2.19. The Balaban J connectivity index is 1.25. The Hall–Kier alpha value is -1.89. The van der Waals surface area contributed by atoms with Crippen LogP contribution in [-0.2, 0) is 6.54 Å². The SMILES string of the molecule is CCCCCCCCCCCCCCCCCC[n+]1c2ccccc2cc2ccccc21. The topological polar surface area (TPSA) is 3.88 Å². The van der Waals surface area contributed by atoms with Crippen LogP contribution in [0.4, 0.5) is 0 Å². The van der Waals surface area contributed by atoms with Gasteiger partial charge in [-0.3, -0.25) is 0 Å². The molecule has 1 heteroatoms. The second-order valence-electron chi connectivity index (χ2n) is 9.72. The first-order valence-electron chi connectivity index (χ1n) is 13.7. The fraction of sp³-hybridized carbons (Fsp3) is 0.581. The lowest BCUT2D eigenvalue weighted by Gasteiger charge is -2.06. The van der Waals surface area contributed by atoms with Crippen molar-refractivity contribution in [3.63, 3.8) is 0 Å². The van der Waals surface area contributed by atoms with E-state index >= 15 is 0 Å². The number of pyridine rings is 1. The van der Waals surface area contributed by atoms with Gasteiger partial charge in [0.15, 0.2) is 0 Å². The number of aromatic nitrogens is 1. The summed E-state index contributed by atoms with van der Waals surface area (Å²) in [5, 5.41) is 2.70. The van der Waals surface area contributed by atoms with E-state index in [9.17, 15) is 0 Å². The van der Waals surface area contributed by atoms with E-state index in [4.69, 9.17) is 0 Å². The summed E-state index contributed by atoms with van der Waals surface area (Å²) in [6, 6.07) is 20.0. The molecular formula is C31H46N+. The average molecular weight is 433 g/mol. The van der Waals surface area contributed by atoms with Gasteiger partial charge < -0.3 is 0 Å². The molecule has 0 N–H and O–H groups in total. The maximum atomic E-state index is 2.54. The number of fused-ring (bicyclic) bond motifs is 2. The first-order valence-corrected chi connectivity index (χ1v) is 13.7. The average Bonchev–Trinajstić information content (AvgIpc) is 2.83. The lowest BCUT2D eigenvalue weighted by molar-refractivity contribution is -0.645. The van der Waals surface area contributed by atoms with Crippen LogP contribution in [0.5, 0.6) is 0 Å². The fourth-order valence-corrected chi connectivity index (χ4v) is 5.07. The van der Waals surface area contributed by atoms with Crippen molar-refractivity contribution in [3.8, 4) is 0 Å². The van der Waals surface area contributed by atoms with E-state index in [1.165, 1.54) is 125 Å². The summed E-state index contributed by atoms with van der Waals surface area (Å²) in [5.41, 5.74) is 2.74. The molecular weight excluding hydrogens is 386 g/mol. The van der Waals surface area contributed by atoms with E-state index in [0.717, 1.165) is 6.54 Å². The lowest BCUT2D eigenvalue weighted by Crippen LogP contribution is -2.35. The molecule has 0 saturated heterocycles. The molecule has 1 heterocycles. The third kappa shape index (κ3) is 8.23. The number of aryl methyl sites for hydroxylation is 1. The third-order valence-electron chi connectivity index (χ3n) is 7.00. The molecule has 174 valence electrons. The Bertz CT molecular complexity index is 843. The lowest BCUT2D eigenvalue weighted by atomic mass is 10.0. The monoisotopic (exact) mass is 432 g/mol. The first kappa shape index (κ1) is 24.7.